The summed E-state index contributed by atoms with van der Waals surface area (Å²) in [6, 6.07) is 8.23. The molecule has 0 unspecified atom stereocenters. The van der Waals surface area contributed by atoms with E-state index < -0.39 is 19.8 Å². The Labute approximate surface area is 149 Å². The molecule has 1 saturated heterocycles. The normalized spacial score (nSPS) is 18.8. The van der Waals surface area contributed by atoms with Gasteiger partial charge in [0.05, 0.1) is 10.00 Å². The molecule has 0 aliphatic carbocycles. The summed E-state index contributed by atoms with van der Waals surface area (Å²) >= 11 is 1.69. The number of amides is 1. The van der Waals surface area contributed by atoms with Gasteiger partial charge >= 0.3 is 0 Å². The third kappa shape index (κ3) is 4.33. The van der Waals surface area contributed by atoms with E-state index in [1.54, 1.807) is 37.4 Å². The van der Waals surface area contributed by atoms with E-state index in [1.807, 2.05) is 6.26 Å². The average molecular weight is 370 g/mol. The number of benzene rings is 1. The fourth-order valence-electron chi connectivity index (χ4n) is 2.91. The number of sulfone groups is 1. The van der Waals surface area contributed by atoms with Gasteiger partial charge in [-0.2, -0.15) is 0 Å². The maximum absolute atomic E-state index is 12.5. The summed E-state index contributed by atoms with van der Waals surface area (Å²) in [6.45, 7) is 6.06. The number of hydrogen-bond acceptors (Lipinski definition) is 4. The number of aryl methyl sites for hydroxylation is 1. The molecule has 6 heteroatoms. The molecule has 0 spiro atoms. The van der Waals surface area contributed by atoms with Gasteiger partial charge in [0.15, 0.2) is 9.84 Å². The second kappa shape index (κ2) is 7.48. The first-order valence-corrected chi connectivity index (χ1v) is 11.1. The van der Waals surface area contributed by atoms with Crippen molar-refractivity contribution in [1.82, 2.24) is 4.90 Å². The van der Waals surface area contributed by atoms with Crippen molar-refractivity contribution in [3.05, 3.63) is 29.8 Å². The van der Waals surface area contributed by atoms with Crippen molar-refractivity contribution in [3.8, 4) is 0 Å². The number of nitrogens with zero attached hydrogens (tertiary/aromatic N) is 1. The monoisotopic (exact) mass is 369 g/mol. The molecule has 0 N–H and O–H groups in total. The van der Waals surface area contributed by atoms with Crippen molar-refractivity contribution < 1.29 is 13.2 Å². The van der Waals surface area contributed by atoms with E-state index in [1.165, 1.54) is 4.90 Å². The van der Waals surface area contributed by atoms with Gasteiger partial charge in [-0.1, -0.05) is 12.1 Å². The smallest absolute Gasteiger partial charge is 0.222 e. The Kier molecular flexibility index (Phi) is 6.02. The third-order valence-corrected chi connectivity index (χ3v) is 8.29. The molecule has 1 heterocycles. The minimum atomic E-state index is -3.21. The zero-order valence-electron chi connectivity index (χ0n) is 14.9. The Morgan fingerprint density at radius 1 is 1.25 bits per heavy atom. The van der Waals surface area contributed by atoms with E-state index in [4.69, 9.17) is 0 Å². The number of carbonyl (C=O) groups excluding carboxylic acids is 1. The molecule has 0 saturated carbocycles. The fraction of sp³-hybridized carbons (Fsp3) is 0.611. The van der Waals surface area contributed by atoms with Crippen molar-refractivity contribution >= 4 is 27.5 Å². The van der Waals surface area contributed by atoms with E-state index in [2.05, 4.69) is 24.3 Å². The van der Waals surface area contributed by atoms with Crippen LogP contribution in [0.25, 0.3) is 0 Å². The lowest BCUT2D eigenvalue weighted by molar-refractivity contribution is -0.130. The van der Waals surface area contributed by atoms with Crippen molar-refractivity contribution in [1.29, 1.82) is 0 Å². The molecule has 1 aliphatic rings. The summed E-state index contributed by atoms with van der Waals surface area (Å²) in [4.78, 5) is 15.3. The average Bonchev–Trinajstić information content (AvgIpc) is 3.02. The van der Waals surface area contributed by atoms with E-state index in [-0.39, 0.29) is 5.91 Å². The van der Waals surface area contributed by atoms with Crippen LogP contribution in [0.5, 0.6) is 0 Å². The van der Waals surface area contributed by atoms with Gasteiger partial charge in [-0.15, -0.1) is 11.8 Å². The zero-order chi connectivity index (χ0) is 18.0. The number of rotatable bonds is 5. The third-order valence-electron chi connectivity index (χ3n) is 4.58. The lowest BCUT2D eigenvalue weighted by Gasteiger charge is -2.24. The molecule has 0 aromatic heterocycles. The molecule has 0 bridgehead atoms. The predicted octanol–water partition coefficient (Wildman–Crippen LogP) is 3.16. The Balaban J connectivity index is 1.90. The molecule has 1 fully saturated rings. The quantitative estimate of drug-likeness (QED) is 0.748. The number of hydrogen-bond donors (Lipinski definition) is 0. The largest absolute Gasteiger partial charge is 0.341 e. The molecule has 2 rings (SSSR count). The standard InChI is InChI=1S/C18H27NO3S2/c1-18(2,3)24(21,22)16-11-12-19(13-16)17(20)10-7-14-5-8-15(23-4)9-6-14/h5-6,8-9,16H,7,10-13H2,1-4H3/t16-/m0/s1. The van der Waals surface area contributed by atoms with Crippen molar-refractivity contribution in [3.63, 3.8) is 0 Å². The zero-order valence-corrected chi connectivity index (χ0v) is 16.5. The van der Waals surface area contributed by atoms with Gasteiger partial charge in [-0.3, -0.25) is 4.79 Å². The van der Waals surface area contributed by atoms with Crippen LogP contribution in [0, 0.1) is 0 Å². The van der Waals surface area contributed by atoms with Crippen LogP contribution < -0.4 is 0 Å². The van der Waals surface area contributed by atoms with Crippen molar-refractivity contribution in [2.75, 3.05) is 19.3 Å². The van der Waals surface area contributed by atoms with Crippen LogP contribution >= 0.6 is 11.8 Å². The van der Waals surface area contributed by atoms with Crippen LogP contribution in [0.3, 0.4) is 0 Å². The van der Waals surface area contributed by atoms with Gasteiger partial charge < -0.3 is 4.90 Å². The molecule has 0 radical (unpaired) electrons. The highest BCUT2D eigenvalue weighted by atomic mass is 32.2. The lowest BCUT2D eigenvalue weighted by Crippen LogP contribution is -2.39. The van der Waals surface area contributed by atoms with Crippen LogP contribution in [-0.2, 0) is 21.1 Å². The number of carbonyl (C=O) groups is 1. The van der Waals surface area contributed by atoms with Crippen LogP contribution in [0.15, 0.2) is 29.2 Å². The lowest BCUT2D eigenvalue weighted by atomic mass is 10.1. The molecule has 1 atom stereocenters. The van der Waals surface area contributed by atoms with Gasteiger partial charge in [0, 0.05) is 24.4 Å². The van der Waals surface area contributed by atoms with Crippen molar-refractivity contribution in [2.45, 2.75) is 54.9 Å². The Morgan fingerprint density at radius 3 is 2.42 bits per heavy atom. The minimum Gasteiger partial charge on any atom is -0.341 e. The van der Waals surface area contributed by atoms with Gasteiger partial charge in [0.1, 0.15) is 0 Å². The van der Waals surface area contributed by atoms with Gasteiger partial charge in [0.2, 0.25) is 5.91 Å². The van der Waals surface area contributed by atoms with Crippen LogP contribution in [0.1, 0.15) is 39.2 Å². The second-order valence-electron chi connectivity index (χ2n) is 7.26. The molecule has 1 aliphatic heterocycles. The molecule has 1 amide bonds. The van der Waals surface area contributed by atoms with Gasteiger partial charge in [-0.05, 0) is 57.6 Å². The maximum atomic E-state index is 12.5. The summed E-state index contributed by atoms with van der Waals surface area (Å²) in [7, 11) is -3.21. The van der Waals surface area contributed by atoms with Crippen molar-refractivity contribution in [2.24, 2.45) is 0 Å². The maximum Gasteiger partial charge on any atom is 0.222 e. The molecule has 4 nitrogen and oxygen atoms in total. The fourth-order valence-corrected chi connectivity index (χ4v) is 5.11. The number of likely N-dealkylation sites (tertiary alicyclic amines) is 1. The summed E-state index contributed by atoms with van der Waals surface area (Å²) in [5.74, 6) is 0.0514. The van der Waals surface area contributed by atoms with E-state index >= 15 is 0 Å². The predicted molar refractivity (Wildman–Crippen MR) is 100 cm³/mol. The first kappa shape index (κ1) is 19.3. The van der Waals surface area contributed by atoms with Crippen LogP contribution in [-0.4, -0.2) is 48.6 Å². The first-order chi connectivity index (χ1) is 11.1. The summed E-state index contributed by atoms with van der Waals surface area (Å²) in [5, 5.41) is -0.428. The van der Waals surface area contributed by atoms with E-state index in [9.17, 15) is 13.2 Å². The van der Waals surface area contributed by atoms with Gasteiger partial charge in [0.25, 0.3) is 0 Å². The molecular weight excluding hydrogens is 342 g/mol. The molecular formula is C18H27NO3S2. The SMILES string of the molecule is CSc1ccc(CCC(=O)N2CC[C@H](S(=O)(=O)C(C)(C)C)C2)cc1. The van der Waals surface area contributed by atoms with Crippen LogP contribution in [0.4, 0.5) is 0 Å². The van der Waals surface area contributed by atoms with Gasteiger partial charge in [-0.25, -0.2) is 8.42 Å². The Hall–Kier alpha value is -1.01. The molecule has 24 heavy (non-hydrogen) atoms. The van der Waals surface area contributed by atoms with Crippen LogP contribution in [0.2, 0.25) is 0 Å². The summed E-state index contributed by atoms with van der Waals surface area (Å²) in [6.07, 6.45) is 3.71. The molecule has 1 aromatic rings. The Bertz CT molecular complexity index is 675. The minimum absolute atomic E-state index is 0.0514. The molecule has 134 valence electrons. The Morgan fingerprint density at radius 2 is 1.88 bits per heavy atom. The van der Waals surface area contributed by atoms with E-state index in [0.717, 1.165) is 5.56 Å². The first-order valence-electron chi connectivity index (χ1n) is 8.29. The summed E-state index contributed by atoms with van der Waals surface area (Å²) < 4.78 is 24.3. The highest BCUT2D eigenvalue weighted by Crippen LogP contribution is 2.27. The highest BCUT2D eigenvalue weighted by Gasteiger charge is 2.41. The second-order valence-corrected chi connectivity index (χ2v) is 11.1. The topological polar surface area (TPSA) is 54.5 Å². The van der Waals surface area contributed by atoms with E-state index in [0.29, 0.717) is 32.4 Å². The summed E-state index contributed by atoms with van der Waals surface area (Å²) in [5.41, 5.74) is 1.14. The highest BCUT2D eigenvalue weighted by molar-refractivity contribution is 7.98. The molecule has 1 aromatic carbocycles. The number of thioether (sulfide) groups is 1.